The van der Waals surface area contributed by atoms with Crippen molar-refractivity contribution < 1.29 is 9.59 Å². The lowest BCUT2D eigenvalue weighted by Crippen LogP contribution is -2.35. The molecule has 1 unspecified atom stereocenters. The number of nitrogens with zero attached hydrogens (tertiary/aromatic N) is 4. The maximum absolute atomic E-state index is 12.5. The van der Waals surface area contributed by atoms with Crippen molar-refractivity contribution in [2.45, 2.75) is 57.5 Å². The van der Waals surface area contributed by atoms with E-state index in [4.69, 9.17) is 0 Å². The van der Waals surface area contributed by atoms with Gasteiger partial charge in [-0.2, -0.15) is 20.5 Å². The van der Waals surface area contributed by atoms with Gasteiger partial charge < -0.3 is 10.6 Å². The van der Waals surface area contributed by atoms with Crippen molar-refractivity contribution in [2.24, 2.45) is 5.92 Å². The number of hydrogen-bond acceptors (Lipinski definition) is 5. The fourth-order valence-corrected chi connectivity index (χ4v) is 3.76. The number of aryl methyl sites for hydroxylation is 1. The maximum Gasteiger partial charge on any atom is 0.241 e. The molecule has 26 heavy (non-hydrogen) atoms. The molecule has 2 aliphatic carbocycles. The Labute approximate surface area is 150 Å². The summed E-state index contributed by atoms with van der Waals surface area (Å²) in [6, 6.07) is 0.296. The summed E-state index contributed by atoms with van der Waals surface area (Å²) < 4.78 is 1.55. The van der Waals surface area contributed by atoms with E-state index >= 15 is 0 Å². The highest BCUT2D eigenvalue weighted by atomic mass is 16.2. The zero-order valence-corrected chi connectivity index (χ0v) is 14.6. The molecular weight excluding hydrogens is 334 g/mol. The molecule has 0 aliphatic heterocycles. The van der Waals surface area contributed by atoms with Crippen LogP contribution in [0.15, 0.2) is 12.4 Å². The standard InChI is InChI=1S/C17H23N7O2/c25-16(19-12-3-1-2-4-12)10-24-9-13(8-18-24)20-17(26)11-5-6-14-15(7-11)22-23-21-14/h8-9,11-12H,1-7,10H2,(H,19,25)(H,20,26)(H,21,22,23). The molecule has 0 aromatic carbocycles. The van der Waals surface area contributed by atoms with Crippen LogP contribution in [0, 0.1) is 5.92 Å². The van der Waals surface area contributed by atoms with Crippen molar-refractivity contribution in [3.05, 3.63) is 23.8 Å². The smallest absolute Gasteiger partial charge is 0.241 e. The molecule has 2 amide bonds. The maximum atomic E-state index is 12.5. The third-order valence-corrected chi connectivity index (χ3v) is 5.17. The van der Waals surface area contributed by atoms with Crippen molar-refractivity contribution in [3.63, 3.8) is 0 Å². The number of carbonyl (C=O) groups is 2. The van der Waals surface area contributed by atoms with E-state index in [-0.39, 0.29) is 24.3 Å². The molecule has 1 atom stereocenters. The number of nitrogens with one attached hydrogen (secondary N) is 3. The van der Waals surface area contributed by atoms with Gasteiger partial charge in [0.05, 0.1) is 23.3 Å². The molecule has 2 heterocycles. The number of aromatic amines is 1. The van der Waals surface area contributed by atoms with Crippen LogP contribution in [0.3, 0.4) is 0 Å². The van der Waals surface area contributed by atoms with E-state index in [0.29, 0.717) is 18.2 Å². The minimum atomic E-state index is -0.124. The first-order chi connectivity index (χ1) is 12.7. The number of fused-ring (bicyclic) bond motifs is 1. The van der Waals surface area contributed by atoms with Crippen LogP contribution in [0.4, 0.5) is 5.69 Å². The summed E-state index contributed by atoms with van der Waals surface area (Å²) in [7, 11) is 0. The van der Waals surface area contributed by atoms with Crippen LogP contribution in [-0.4, -0.2) is 43.0 Å². The van der Waals surface area contributed by atoms with Crippen LogP contribution in [0.1, 0.15) is 43.5 Å². The van der Waals surface area contributed by atoms with E-state index in [2.05, 4.69) is 31.1 Å². The Morgan fingerprint density at radius 1 is 1.19 bits per heavy atom. The molecule has 9 heteroatoms. The minimum absolute atomic E-state index is 0.0382. The van der Waals surface area contributed by atoms with Gasteiger partial charge >= 0.3 is 0 Å². The average Bonchev–Trinajstić information content (AvgIpc) is 3.36. The molecule has 2 aliphatic rings. The fourth-order valence-electron chi connectivity index (χ4n) is 3.76. The molecule has 2 aromatic heterocycles. The fraction of sp³-hybridized carbons (Fsp3) is 0.588. The topological polar surface area (TPSA) is 118 Å². The summed E-state index contributed by atoms with van der Waals surface area (Å²) in [5.41, 5.74) is 2.43. The zero-order valence-electron chi connectivity index (χ0n) is 14.6. The number of rotatable bonds is 5. The highest BCUT2D eigenvalue weighted by Gasteiger charge is 2.27. The zero-order chi connectivity index (χ0) is 17.9. The third kappa shape index (κ3) is 3.76. The van der Waals surface area contributed by atoms with Gasteiger partial charge in [-0.05, 0) is 25.7 Å². The SMILES string of the molecule is O=C(Cn1cc(NC(=O)C2CCc3n[nH]nc3C2)cn1)NC1CCCC1. The number of amides is 2. The lowest BCUT2D eigenvalue weighted by atomic mass is 9.89. The molecule has 138 valence electrons. The number of aromatic nitrogens is 5. The van der Waals surface area contributed by atoms with Gasteiger partial charge in [0, 0.05) is 24.6 Å². The normalized spacial score (nSPS) is 19.9. The highest BCUT2D eigenvalue weighted by molar-refractivity contribution is 5.92. The average molecular weight is 357 g/mol. The summed E-state index contributed by atoms with van der Waals surface area (Å²) >= 11 is 0. The van der Waals surface area contributed by atoms with Gasteiger partial charge in [-0.3, -0.25) is 14.3 Å². The predicted octanol–water partition coefficient (Wildman–Crippen LogP) is 0.804. The Bertz CT molecular complexity index is 791. The van der Waals surface area contributed by atoms with Crippen LogP contribution in [0.25, 0.3) is 0 Å². The van der Waals surface area contributed by atoms with Crippen molar-refractivity contribution in [1.29, 1.82) is 0 Å². The van der Waals surface area contributed by atoms with Gasteiger partial charge in [0.15, 0.2) is 0 Å². The Hall–Kier alpha value is -2.71. The molecule has 1 saturated carbocycles. The summed E-state index contributed by atoms with van der Waals surface area (Å²) in [4.78, 5) is 24.5. The first kappa shape index (κ1) is 16.7. The number of anilines is 1. The molecule has 4 rings (SSSR count). The number of hydrogen-bond donors (Lipinski definition) is 3. The van der Waals surface area contributed by atoms with E-state index in [1.165, 1.54) is 12.8 Å². The molecule has 0 saturated heterocycles. The lowest BCUT2D eigenvalue weighted by molar-refractivity contribution is -0.122. The summed E-state index contributed by atoms with van der Waals surface area (Å²) in [6.45, 7) is 0.165. The molecule has 9 nitrogen and oxygen atoms in total. The lowest BCUT2D eigenvalue weighted by Gasteiger charge is -2.19. The Balaban J connectivity index is 1.29. The molecule has 3 N–H and O–H groups in total. The molecular formula is C17H23N7O2. The summed E-state index contributed by atoms with van der Waals surface area (Å²) in [5.74, 6) is -0.209. The van der Waals surface area contributed by atoms with Crippen molar-refractivity contribution >= 4 is 17.5 Å². The van der Waals surface area contributed by atoms with Gasteiger partial charge in [0.2, 0.25) is 11.8 Å². The second kappa shape index (κ2) is 7.27. The summed E-state index contributed by atoms with van der Waals surface area (Å²) in [5, 5.41) is 20.9. The largest absolute Gasteiger partial charge is 0.352 e. The number of H-pyrrole nitrogens is 1. The monoisotopic (exact) mass is 357 g/mol. The van der Waals surface area contributed by atoms with Crippen molar-refractivity contribution in [1.82, 2.24) is 30.5 Å². The van der Waals surface area contributed by atoms with E-state index in [1.807, 2.05) is 0 Å². The van der Waals surface area contributed by atoms with E-state index in [9.17, 15) is 9.59 Å². The Kier molecular flexibility index (Phi) is 4.68. The minimum Gasteiger partial charge on any atom is -0.352 e. The first-order valence-corrected chi connectivity index (χ1v) is 9.18. The predicted molar refractivity (Wildman–Crippen MR) is 93.2 cm³/mol. The van der Waals surface area contributed by atoms with Gasteiger partial charge in [-0.15, -0.1) is 0 Å². The van der Waals surface area contributed by atoms with Crippen molar-refractivity contribution in [2.75, 3.05) is 5.32 Å². The van der Waals surface area contributed by atoms with Gasteiger partial charge in [-0.1, -0.05) is 12.8 Å². The van der Waals surface area contributed by atoms with Crippen LogP contribution in [0.2, 0.25) is 0 Å². The van der Waals surface area contributed by atoms with E-state index in [0.717, 1.165) is 37.1 Å². The second-order valence-corrected chi connectivity index (χ2v) is 7.12. The molecule has 0 bridgehead atoms. The molecule has 0 spiro atoms. The number of carbonyl (C=O) groups excluding carboxylic acids is 2. The van der Waals surface area contributed by atoms with Crippen LogP contribution in [-0.2, 0) is 29.0 Å². The Morgan fingerprint density at radius 2 is 2.00 bits per heavy atom. The van der Waals surface area contributed by atoms with E-state index in [1.54, 1.807) is 17.1 Å². The molecule has 2 aromatic rings. The Morgan fingerprint density at radius 3 is 2.85 bits per heavy atom. The van der Waals surface area contributed by atoms with Gasteiger partial charge in [0.1, 0.15) is 6.54 Å². The quantitative estimate of drug-likeness (QED) is 0.732. The summed E-state index contributed by atoms with van der Waals surface area (Å²) in [6.07, 6.45) is 9.84. The van der Waals surface area contributed by atoms with Crippen LogP contribution < -0.4 is 10.6 Å². The molecule has 0 radical (unpaired) electrons. The molecule has 1 fully saturated rings. The van der Waals surface area contributed by atoms with Crippen molar-refractivity contribution in [3.8, 4) is 0 Å². The highest BCUT2D eigenvalue weighted by Crippen LogP contribution is 2.23. The van der Waals surface area contributed by atoms with E-state index < -0.39 is 0 Å². The first-order valence-electron chi connectivity index (χ1n) is 9.18. The van der Waals surface area contributed by atoms with Gasteiger partial charge in [-0.25, -0.2) is 0 Å². The van der Waals surface area contributed by atoms with Crippen LogP contribution in [0.5, 0.6) is 0 Å². The van der Waals surface area contributed by atoms with Crippen LogP contribution >= 0.6 is 0 Å². The second-order valence-electron chi connectivity index (χ2n) is 7.12. The third-order valence-electron chi connectivity index (χ3n) is 5.17. The van der Waals surface area contributed by atoms with Gasteiger partial charge in [0.25, 0.3) is 0 Å².